The monoisotopic (exact) mass is 458 g/mol. The van der Waals surface area contributed by atoms with Gasteiger partial charge in [-0.25, -0.2) is 4.79 Å². The van der Waals surface area contributed by atoms with Gasteiger partial charge in [-0.1, -0.05) is 24.3 Å². The van der Waals surface area contributed by atoms with Crippen molar-refractivity contribution in [3.8, 4) is 0 Å². The number of anilines is 2. The molecule has 2 heterocycles. The average Bonchev–Trinajstić information content (AvgIpc) is 3.09. The van der Waals surface area contributed by atoms with Crippen molar-refractivity contribution in [3.05, 3.63) is 45.9 Å². The third-order valence-electron chi connectivity index (χ3n) is 4.88. The Morgan fingerprint density at radius 1 is 1.30 bits per heavy atom. The van der Waals surface area contributed by atoms with Crippen molar-refractivity contribution in [2.75, 3.05) is 31.0 Å². The fourth-order valence-corrected chi connectivity index (χ4v) is 3.13. The van der Waals surface area contributed by atoms with Gasteiger partial charge in [-0.3, -0.25) is 14.2 Å². The van der Waals surface area contributed by atoms with Crippen LogP contribution in [0.3, 0.4) is 0 Å². The van der Waals surface area contributed by atoms with E-state index < -0.39 is 30.3 Å². The van der Waals surface area contributed by atoms with Crippen molar-refractivity contribution in [1.29, 1.82) is 0 Å². The van der Waals surface area contributed by atoms with E-state index >= 15 is 0 Å². The molecular formula is C21H26N6O6. The lowest BCUT2D eigenvalue weighted by atomic mass is 9.99. The van der Waals surface area contributed by atoms with E-state index in [1.54, 1.807) is 25.1 Å². The maximum absolute atomic E-state index is 12.6. The number of nitrogens with one attached hydrogen (secondary N) is 2. The second kappa shape index (κ2) is 10.6. The predicted octanol–water partition coefficient (Wildman–Crippen LogP) is 0.712. The largest absolute Gasteiger partial charge is 0.428 e. The van der Waals surface area contributed by atoms with Crippen molar-refractivity contribution in [1.82, 2.24) is 19.5 Å². The number of nitrogens with zero attached hydrogens (tertiary/aromatic N) is 3. The number of nitrogen functional groups attached to an aromatic ring is 1. The second-order valence-corrected chi connectivity index (χ2v) is 7.34. The lowest BCUT2D eigenvalue weighted by Crippen LogP contribution is -2.19. The molecule has 0 spiro atoms. The molecule has 176 valence electrons. The number of H-pyrrole nitrogens is 1. The van der Waals surface area contributed by atoms with Gasteiger partial charge in [0.25, 0.3) is 0 Å². The molecule has 1 atom stereocenters. The van der Waals surface area contributed by atoms with Crippen molar-refractivity contribution >= 4 is 34.9 Å². The molecule has 0 fully saturated rings. The number of rotatable bonds is 10. The van der Waals surface area contributed by atoms with Crippen molar-refractivity contribution in [3.63, 3.8) is 0 Å². The Hall–Kier alpha value is -3.93. The molecule has 0 saturated carbocycles. The third-order valence-corrected chi connectivity index (χ3v) is 4.88. The summed E-state index contributed by atoms with van der Waals surface area (Å²) < 4.78 is 11.0. The SMILES string of the molecule is CC(=O)OCOC(=O)C(C)c1cccc(Cn2c(=O)[nH]c3c(N)nc(NCCCO)nc32)c1. The number of aliphatic hydroxyl groups is 1. The summed E-state index contributed by atoms with van der Waals surface area (Å²) in [7, 11) is 0. The molecule has 2 aromatic heterocycles. The summed E-state index contributed by atoms with van der Waals surface area (Å²) in [5.74, 6) is -1.32. The number of carbonyl (C=O) groups excluding carboxylic acids is 2. The predicted molar refractivity (Wildman–Crippen MR) is 119 cm³/mol. The number of esters is 2. The molecule has 3 rings (SSSR count). The first-order valence-corrected chi connectivity index (χ1v) is 10.3. The van der Waals surface area contributed by atoms with Gasteiger partial charge in [0, 0.05) is 20.1 Å². The maximum Gasteiger partial charge on any atom is 0.328 e. The van der Waals surface area contributed by atoms with Crippen LogP contribution in [0.5, 0.6) is 0 Å². The molecule has 0 aliphatic rings. The highest BCUT2D eigenvalue weighted by molar-refractivity contribution is 5.83. The van der Waals surface area contributed by atoms with E-state index in [0.29, 0.717) is 29.7 Å². The molecule has 3 aromatic rings. The molecule has 1 unspecified atom stereocenters. The summed E-state index contributed by atoms with van der Waals surface area (Å²) in [6, 6.07) is 7.14. The van der Waals surface area contributed by atoms with Crippen LogP contribution in [0, 0.1) is 0 Å². The highest BCUT2D eigenvalue weighted by atomic mass is 16.7. The van der Waals surface area contributed by atoms with E-state index in [0.717, 1.165) is 5.56 Å². The Labute approximate surface area is 188 Å². The Bertz CT molecular complexity index is 1200. The summed E-state index contributed by atoms with van der Waals surface area (Å²) in [5, 5.41) is 11.9. The standard InChI is InChI=1S/C21H26N6O6/c1-12(19(30)33-11-32-13(2)29)15-6-3-5-14(9-15)10-27-18-16(24-21(27)31)17(22)25-20(26-18)23-7-4-8-28/h3,5-6,9,12,28H,4,7-8,10-11H2,1-2H3,(H,24,31)(H3,22,23,25,26). The highest BCUT2D eigenvalue weighted by Crippen LogP contribution is 2.21. The zero-order chi connectivity index (χ0) is 24.0. The summed E-state index contributed by atoms with van der Waals surface area (Å²) in [6.07, 6.45) is 0.509. The molecule has 0 amide bonds. The quantitative estimate of drug-likeness (QED) is 0.192. The molecule has 5 N–H and O–H groups in total. The van der Waals surface area contributed by atoms with Gasteiger partial charge >= 0.3 is 17.6 Å². The zero-order valence-electron chi connectivity index (χ0n) is 18.3. The number of aromatic amines is 1. The van der Waals surface area contributed by atoms with E-state index in [-0.39, 0.29) is 24.9 Å². The molecular weight excluding hydrogens is 432 g/mol. The molecule has 33 heavy (non-hydrogen) atoms. The van der Waals surface area contributed by atoms with Gasteiger partial charge in [-0.05, 0) is 24.5 Å². The Morgan fingerprint density at radius 2 is 2.09 bits per heavy atom. The van der Waals surface area contributed by atoms with Crippen molar-refractivity contribution in [2.45, 2.75) is 32.7 Å². The van der Waals surface area contributed by atoms with Crippen LogP contribution >= 0.6 is 0 Å². The first kappa shape index (κ1) is 23.7. The Morgan fingerprint density at radius 3 is 2.82 bits per heavy atom. The topological polar surface area (TPSA) is 174 Å². The van der Waals surface area contributed by atoms with Crippen LogP contribution in [-0.2, 0) is 25.6 Å². The summed E-state index contributed by atoms with van der Waals surface area (Å²) >= 11 is 0. The van der Waals surface area contributed by atoms with Crippen LogP contribution in [0.1, 0.15) is 37.3 Å². The zero-order valence-corrected chi connectivity index (χ0v) is 18.3. The fraction of sp³-hybridized carbons (Fsp3) is 0.381. The van der Waals surface area contributed by atoms with Crippen molar-refractivity contribution in [2.24, 2.45) is 0 Å². The van der Waals surface area contributed by atoms with Crippen LogP contribution in [-0.4, -0.2) is 56.5 Å². The van der Waals surface area contributed by atoms with Gasteiger partial charge in [-0.2, -0.15) is 9.97 Å². The van der Waals surface area contributed by atoms with E-state index in [1.165, 1.54) is 11.5 Å². The first-order chi connectivity index (χ1) is 15.8. The average molecular weight is 458 g/mol. The van der Waals surface area contributed by atoms with E-state index in [4.69, 9.17) is 15.6 Å². The first-order valence-electron chi connectivity index (χ1n) is 10.3. The molecule has 1 aromatic carbocycles. The maximum atomic E-state index is 12.6. The molecule has 12 nitrogen and oxygen atoms in total. The molecule has 0 bridgehead atoms. The highest BCUT2D eigenvalue weighted by Gasteiger charge is 2.19. The minimum Gasteiger partial charge on any atom is -0.428 e. The molecule has 12 heteroatoms. The minimum atomic E-state index is -0.611. The number of benzene rings is 1. The molecule has 0 aliphatic carbocycles. The van der Waals surface area contributed by atoms with Crippen LogP contribution in [0.25, 0.3) is 11.2 Å². The van der Waals surface area contributed by atoms with Gasteiger partial charge in [0.1, 0.15) is 5.52 Å². The number of aliphatic hydroxyl groups excluding tert-OH is 1. The third kappa shape index (κ3) is 5.86. The molecule has 0 radical (unpaired) electrons. The van der Waals surface area contributed by atoms with Gasteiger partial charge in [0.2, 0.25) is 12.7 Å². The Balaban J connectivity index is 1.82. The summed E-state index contributed by atoms with van der Waals surface area (Å²) in [6.45, 7) is 3.09. The summed E-state index contributed by atoms with van der Waals surface area (Å²) in [5.41, 5.74) is 7.66. The number of hydrogen-bond donors (Lipinski definition) is 4. The molecule has 0 aliphatic heterocycles. The van der Waals surface area contributed by atoms with Crippen LogP contribution in [0.4, 0.5) is 11.8 Å². The van der Waals surface area contributed by atoms with Gasteiger partial charge in [-0.15, -0.1) is 0 Å². The van der Waals surface area contributed by atoms with Gasteiger partial charge in [0.15, 0.2) is 11.5 Å². The van der Waals surface area contributed by atoms with E-state index in [9.17, 15) is 14.4 Å². The Kier molecular flexibility index (Phi) is 7.61. The number of fused-ring (bicyclic) bond motifs is 1. The van der Waals surface area contributed by atoms with Crippen LogP contribution < -0.4 is 16.7 Å². The normalized spacial score (nSPS) is 11.8. The number of aromatic nitrogens is 4. The van der Waals surface area contributed by atoms with E-state index in [1.807, 2.05) is 6.07 Å². The lowest BCUT2D eigenvalue weighted by Gasteiger charge is -2.13. The number of ether oxygens (including phenoxy) is 2. The van der Waals surface area contributed by atoms with E-state index in [2.05, 4.69) is 25.0 Å². The van der Waals surface area contributed by atoms with Crippen LogP contribution in [0.15, 0.2) is 29.1 Å². The summed E-state index contributed by atoms with van der Waals surface area (Å²) in [4.78, 5) is 46.8. The van der Waals surface area contributed by atoms with Gasteiger partial charge in [0.05, 0.1) is 12.5 Å². The minimum absolute atomic E-state index is 0.0195. The van der Waals surface area contributed by atoms with Gasteiger partial charge < -0.3 is 30.6 Å². The van der Waals surface area contributed by atoms with Crippen LogP contribution in [0.2, 0.25) is 0 Å². The second-order valence-electron chi connectivity index (χ2n) is 7.34. The molecule has 0 saturated heterocycles. The number of nitrogens with two attached hydrogens (primary N) is 1. The lowest BCUT2D eigenvalue weighted by molar-refractivity contribution is -0.166. The fourth-order valence-electron chi connectivity index (χ4n) is 3.13. The number of hydrogen-bond acceptors (Lipinski definition) is 10. The number of carbonyl (C=O) groups is 2. The number of imidazole rings is 1. The smallest absolute Gasteiger partial charge is 0.328 e. The van der Waals surface area contributed by atoms with Crippen molar-refractivity contribution < 1.29 is 24.2 Å².